The largest absolute Gasteiger partial charge is 0.465 e. The predicted octanol–water partition coefficient (Wildman–Crippen LogP) is 3.57. The Balaban J connectivity index is 1.49. The molecule has 0 amide bonds. The van der Waals surface area contributed by atoms with E-state index in [1.807, 2.05) is 6.07 Å². The highest BCUT2D eigenvalue weighted by atomic mass is 16.5. The van der Waals surface area contributed by atoms with Crippen LogP contribution >= 0.6 is 0 Å². The fourth-order valence-electron chi connectivity index (χ4n) is 3.21. The number of ether oxygens (including phenoxy) is 1. The third-order valence-corrected chi connectivity index (χ3v) is 4.66. The van der Waals surface area contributed by atoms with E-state index < -0.39 is 0 Å². The van der Waals surface area contributed by atoms with Crippen LogP contribution in [0.5, 0.6) is 0 Å². The molecule has 0 fully saturated rings. The second kappa shape index (κ2) is 7.45. The first-order chi connectivity index (χ1) is 13.2. The highest BCUT2D eigenvalue weighted by Gasteiger charge is 2.17. The molecule has 2 aromatic carbocycles. The van der Waals surface area contributed by atoms with E-state index in [0.29, 0.717) is 11.5 Å². The number of nitrogens with one attached hydrogen (secondary N) is 1. The average molecular weight is 360 g/mol. The second-order valence-electron chi connectivity index (χ2n) is 6.37. The Morgan fingerprint density at radius 1 is 1.07 bits per heavy atom. The third kappa shape index (κ3) is 3.74. The number of benzene rings is 2. The lowest BCUT2D eigenvalue weighted by molar-refractivity contribution is 0.0601. The molecular weight excluding hydrogens is 340 g/mol. The van der Waals surface area contributed by atoms with Crippen molar-refractivity contribution in [2.24, 2.45) is 0 Å². The Morgan fingerprint density at radius 2 is 1.85 bits per heavy atom. The van der Waals surface area contributed by atoms with Gasteiger partial charge in [-0.25, -0.2) is 9.78 Å². The number of nitrogens with zero attached hydrogens (tertiary/aromatic N) is 3. The summed E-state index contributed by atoms with van der Waals surface area (Å²) in [5.41, 5.74) is 4.07. The first kappa shape index (κ1) is 17.0. The van der Waals surface area contributed by atoms with Crippen molar-refractivity contribution in [3.63, 3.8) is 0 Å². The van der Waals surface area contributed by atoms with Gasteiger partial charge in [0.2, 0.25) is 5.95 Å². The van der Waals surface area contributed by atoms with E-state index in [9.17, 15) is 4.79 Å². The van der Waals surface area contributed by atoms with Crippen LogP contribution in [0.3, 0.4) is 0 Å². The summed E-state index contributed by atoms with van der Waals surface area (Å²) in [5.74, 6) is 1.07. The van der Waals surface area contributed by atoms with Gasteiger partial charge in [0.05, 0.1) is 12.7 Å². The number of rotatable bonds is 4. The topological polar surface area (TPSA) is 67.3 Å². The summed E-state index contributed by atoms with van der Waals surface area (Å²) in [4.78, 5) is 22.7. The minimum Gasteiger partial charge on any atom is -0.465 e. The summed E-state index contributed by atoms with van der Waals surface area (Å²) in [5, 5.41) is 3.19. The van der Waals surface area contributed by atoms with E-state index in [2.05, 4.69) is 44.5 Å². The number of methoxy groups -OCH3 is 1. The van der Waals surface area contributed by atoms with Gasteiger partial charge in [0.25, 0.3) is 0 Å². The van der Waals surface area contributed by atoms with Crippen LogP contribution in [0.15, 0.2) is 60.8 Å². The van der Waals surface area contributed by atoms with Crippen molar-refractivity contribution in [1.29, 1.82) is 0 Å². The number of hydrogen-bond acceptors (Lipinski definition) is 6. The number of hydrogen-bond donors (Lipinski definition) is 1. The van der Waals surface area contributed by atoms with Crippen LogP contribution in [0.4, 0.5) is 17.5 Å². The summed E-state index contributed by atoms with van der Waals surface area (Å²) < 4.78 is 4.71. The Labute approximate surface area is 157 Å². The molecule has 0 saturated carbocycles. The molecule has 2 heterocycles. The molecule has 0 unspecified atom stereocenters. The standard InChI is InChI=1S/C21H20N4O2/c1-27-20(26)16-6-8-18(9-7-16)23-21-22-12-10-19(24-21)25-13-11-15-4-2-3-5-17(15)14-25/h2-10,12H,11,13-14H2,1H3,(H,22,23,24). The van der Waals surface area contributed by atoms with Crippen molar-refractivity contribution in [3.05, 3.63) is 77.5 Å². The first-order valence-corrected chi connectivity index (χ1v) is 8.83. The molecule has 6 heteroatoms. The molecule has 0 atom stereocenters. The number of fused-ring (bicyclic) bond motifs is 1. The van der Waals surface area contributed by atoms with Gasteiger partial charge < -0.3 is 15.0 Å². The molecule has 136 valence electrons. The molecule has 4 rings (SSSR count). The molecule has 3 aromatic rings. The van der Waals surface area contributed by atoms with Crippen molar-refractivity contribution < 1.29 is 9.53 Å². The van der Waals surface area contributed by atoms with Gasteiger partial charge >= 0.3 is 5.97 Å². The summed E-state index contributed by atoms with van der Waals surface area (Å²) in [6.07, 6.45) is 2.77. The number of anilines is 3. The molecule has 0 spiro atoms. The zero-order chi connectivity index (χ0) is 18.6. The number of carbonyl (C=O) groups excluding carboxylic acids is 1. The maximum absolute atomic E-state index is 11.5. The van der Waals surface area contributed by atoms with Gasteiger partial charge in [-0.15, -0.1) is 0 Å². The highest BCUT2D eigenvalue weighted by molar-refractivity contribution is 5.89. The van der Waals surface area contributed by atoms with Gasteiger partial charge in [-0.05, 0) is 47.9 Å². The van der Waals surface area contributed by atoms with E-state index in [1.54, 1.807) is 30.5 Å². The predicted molar refractivity (Wildman–Crippen MR) is 104 cm³/mol. The smallest absolute Gasteiger partial charge is 0.337 e. The lowest BCUT2D eigenvalue weighted by Crippen LogP contribution is -2.31. The van der Waals surface area contributed by atoms with Crippen molar-refractivity contribution in [2.45, 2.75) is 13.0 Å². The molecule has 6 nitrogen and oxygen atoms in total. The molecule has 0 aliphatic carbocycles. The Kier molecular flexibility index (Phi) is 4.70. The normalized spacial score (nSPS) is 13.0. The summed E-state index contributed by atoms with van der Waals surface area (Å²) in [6, 6.07) is 17.5. The SMILES string of the molecule is COC(=O)c1ccc(Nc2nccc(N3CCc4ccccc4C3)n2)cc1. The van der Waals surface area contributed by atoms with Gasteiger partial charge in [0, 0.05) is 25.0 Å². The molecule has 1 aliphatic heterocycles. The number of carbonyl (C=O) groups is 1. The average Bonchev–Trinajstić information content (AvgIpc) is 2.73. The first-order valence-electron chi connectivity index (χ1n) is 8.83. The minimum absolute atomic E-state index is 0.356. The maximum Gasteiger partial charge on any atom is 0.337 e. The Bertz CT molecular complexity index is 956. The molecular formula is C21H20N4O2. The summed E-state index contributed by atoms with van der Waals surface area (Å²) in [6.45, 7) is 1.78. The van der Waals surface area contributed by atoms with Crippen LogP contribution in [-0.4, -0.2) is 29.6 Å². The lowest BCUT2D eigenvalue weighted by atomic mass is 10.00. The lowest BCUT2D eigenvalue weighted by Gasteiger charge is -2.29. The van der Waals surface area contributed by atoms with Crippen molar-refractivity contribution in [1.82, 2.24) is 9.97 Å². The molecule has 1 aromatic heterocycles. The summed E-state index contributed by atoms with van der Waals surface area (Å²) in [7, 11) is 1.37. The van der Waals surface area contributed by atoms with Crippen LogP contribution in [0, 0.1) is 0 Å². The molecule has 0 bridgehead atoms. The van der Waals surface area contributed by atoms with Gasteiger partial charge in [-0.3, -0.25) is 0 Å². The zero-order valence-electron chi connectivity index (χ0n) is 15.1. The fourth-order valence-corrected chi connectivity index (χ4v) is 3.21. The Hall–Kier alpha value is -3.41. The van der Waals surface area contributed by atoms with E-state index in [4.69, 9.17) is 4.74 Å². The zero-order valence-corrected chi connectivity index (χ0v) is 15.1. The van der Waals surface area contributed by atoms with Crippen LogP contribution in [0.1, 0.15) is 21.5 Å². The third-order valence-electron chi connectivity index (χ3n) is 4.66. The van der Waals surface area contributed by atoms with Crippen LogP contribution in [0.2, 0.25) is 0 Å². The van der Waals surface area contributed by atoms with E-state index in [0.717, 1.165) is 31.0 Å². The molecule has 1 aliphatic rings. The molecule has 1 N–H and O–H groups in total. The van der Waals surface area contributed by atoms with Gasteiger partial charge in [-0.1, -0.05) is 24.3 Å². The fraction of sp³-hybridized carbons (Fsp3) is 0.190. The van der Waals surface area contributed by atoms with Gasteiger partial charge in [0.1, 0.15) is 5.82 Å². The van der Waals surface area contributed by atoms with E-state index >= 15 is 0 Å². The van der Waals surface area contributed by atoms with E-state index in [-0.39, 0.29) is 5.97 Å². The van der Waals surface area contributed by atoms with Crippen LogP contribution < -0.4 is 10.2 Å². The van der Waals surface area contributed by atoms with E-state index in [1.165, 1.54) is 18.2 Å². The Morgan fingerprint density at radius 3 is 2.63 bits per heavy atom. The van der Waals surface area contributed by atoms with Crippen molar-refractivity contribution in [3.8, 4) is 0 Å². The molecule has 0 saturated heterocycles. The van der Waals surface area contributed by atoms with Gasteiger partial charge in [-0.2, -0.15) is 4.98 Å². The number of esters is 1. The quantitative estimate of drug-likeness (QED) is 0.718. The second-order valence-corrected chi connectivity index (χ2v) is 6.37. The molecule has 27 heavy (non-hydrogen) atoms. The number of aromatic nitrogens is 2. The monoisotopic (exact) mass is 360 g/mol. The summed E-state index contributed by atoms with van der Waals surface area (Å²) >= 11 is 0. The molecule has 0 radical (unpaired) electrons. The van der Waals surface area contributed by atoms with Gasteiger partial charge in [0.15, 0.2) is 0 Å². The maximum atomic E-state index is 11.5. The highest BCUT2D eigenvalue weighted by Crippen LogP contribution is 2.24. The van der Waals surface area contributed by atoms with Crippen LogP contribution in [0.25, 0.3) is 0 Å². The van der Waals surface area contributed by atoms with Crippen molar-refractivity contribution in [2.75, 3.05) is 23.9 Å². The van der Waals surface area contributed by atoms with Crippen molar-refractivity contribution >= 4 is 23.4 Å². The minimum atomic E-state index is -0.356. The van der Waals surface area contributed by atoms with Crippen LogP contribution in [-0.2, 0) is 17.7 Å².